The maximum absolute atomic E-state index is 12.9. The second-order valence-electron chi connectivity index (χ2n) is 4.39. The maximum Gasteiger partial charge on any atom is 0.416 e. The van der Waals surface area contributed by atoms with Crippen molar-refractivity contribution in [1.82, 2.24) is 0 Å². The van der Waals surface area contributed by atoms with Crippen molar-refractivity contribution in [1.29, 1.82) is 0 Å². The number of rotatable bonds is 2. The highest BCUT2D eigenvalue weighted by molar-refractivity contribution is 6.00. The highest BCUT2D eigenvalue weighted by atomic mass is 19.4. The van der Waals surface area contributed by atoms with Gasteiger partial charge in [-0.25, -0.2) is 0 Å². The summed E-state index contributed by atoms with van der Waals surface area (Å²) in [7, 11) is 0. The van der Waals surface area contributed by atoms with Crippen LogP contribution in [0.1, 0.15) is 21.5 Å². The minimum absolute atomic E-state index is 0.0775. The van der Waals surface area contributed by atoms with Crippen molar-refractivity contribution in [3.05, 3.63) is 59.2 Å². The van der Waals surface area contributed by atoms with Crippen molar-refractivity contribution in [2.24, 2.45) is 5.73 Å². The van der Waals surface area contributed by atoms with Crippen molar-refractivity contribution in [3.63, 3.8) is 0 Å². The molecule has 20 heavy (non-hydrogen) atoms. The second-order valence-corrected chi connectivity index (χ2v) is 4.39. The maximum atomic E-state index is 12.9. The highest BCUT2D eigenvalue weighted by Crippen LogP contribution is 2.36. The molecule has 104 valence electrons. The minimum atomic E-state index is -4.43. The van der Waals surface area contributed by atoms with Gasteiger partial charge in [-0.15, -0.1) is 0 Å². The zero-order chi connectivity index (χ0) is 14.9. The van der Waals surface area contributed by atoms with E-state index in [-0.39, 0.29) is 11.1 Å². The Labute approximate surface area is 114 Å². The number of alkyl halides is 3. The van der Waals surface area contributed by atoms with E-state index in [1.54, 1.807) is 24.3 Å². The number of nitrogens with two attached hydrogens (primary N) is 1. The minimum Gasteiger partial charge on any atom is -0.366 e. The van der Waals surface area contributed by atoms with Gasteiger partial charge in [0.05, 0.1) is 5.56 Å². The van der Waals surface area contributed by atoms with E-state index in [0.29, 0.717) is 11.1 Å². The van der Waals surface area contributed by atoms with Crippen molar-refractivity contribution in [2.75, 3.05) is 0 Å². The third kappa shape index (κ3) is 2.52. The molecule has 2 aromatic carbocycles. The molecule has 0 bridgehead atoms. The summed E-state index contributed by atoms with van der Waals surface area (Å²) in [5.74, 6) is -0.669. The summed E-state index contributed by atoms with van der Waals surface area (Å²) >= 11 is 0. The van der Waals surface area contributed by atoms with Crippen LogP contribution in [-0.2, 0) is 6.18 Å². The topological polar surface area (TPSA) is 43.1 Å². The van der Waals surface area contributed by atoms with Crippen LogP contribution >= 0.6 is 0 Å². The number of carbonyl (C=O) groups excluding carboxylic acids is 1. The summed E-state index contributed by atoms with van der Waals surface area (Å²) in [6.45, 7) is 1.38. The van der Waals surface area contributed by atoms with E-state index >= 15 is 0 Å². The third-order valence-electron chi connectivity index (χ3n) is 3.12. The Kier molecular flexibility index (Phi) is 3.53. The van der Waals surface area contributed by atoms with E-state index in [2.05, 4.69) is 0 Å². The van der Waals surface area contributed by atoms with E-state index in [0.717, 1.165) is 6.07 Å². The van der Waals surface area contributed by atoms with Gasteiger partial charge in [0, 0.05) is 5.56 Å². The lowest BCUT2D eigenvalue weighted by molar-refractivity contribution is -0.138. The molecule has 0 heterocycles. The monoisotopic (exact) mass is 279 g/mol. The van der Waals surface area contributed by atoms with Crippen LogP contribution in [0.5, 0.6) is 0 Å². The van der Waals surface area contributed by atoms with E-state index in [4.69, 9.17) is 5.73 Å². The lowest BCUT2D eigenvalue weighted by Crippen LogP contribution is -2.13. The van der Waals surface area contributed by atoms with Gasteiger partial charge in [0.2, 0.25) is 5.91 Å². The molecule has 0 saturated heterocycles. The number of benzene rings is 2. The largest absolute Gasteiger partial charge is 0.416 e. The van der Waals surface area contributed by atoms with Gasteiger partial charge in [-0.2, -0.15) is 13.2 Å². The Bertz CT molecular complexity index is 662. The van der Waals surface area contributed by atoms with Gasteiger partial charge in [-0.05, 0) is 35.7 Å². The molecule has 0 saturated carbocycles. The molecule has 0 aliphatic carbocycles. The number of halogens is 3. The van der Waals surface area contributed by atoms with Gasteiger partial charge < -0.3 is 5.73 Å². The number of primary amides is 1. The van der Waals surface area contributed by atoms with Crippen LogP contribution in [0.15, 0.2) is 42.5 Å². The van der Waals surface area contributed by atoms with Gasteiger partial charge in [-0.3, -0.25) is 4.79 Å². The van der Waals surface area contributed by atoms with Gasteiger partial charge in [0.25, 0.3) is 0 Å². The highest BCUT2D eigenvalue weighted by Gasteiger charge is 2.33. The molecule has 0 atom stereocenters. The predicted molar refractivity (Wildman–Crippen MR) is 70.1 cm³/mol. The van der Waals surface area contributed by atoms with E-state index in [1.165, 1.54) is 19.1 Å². The molecule has 0 fully saturated rings. The summed E-state index contributed by atoms with van der Waals surface area (Å²) < 4.78 is 38.7. The zero-order valence-corrected chi connectivity index (χ0v) is 10.7. The summed E-state index contributed by atoms with van der Waals surface area (Å²) in [4.78, 5) is 11.4. The first-order valence-electron chi connectivity index (χ1n) is 5.88. The third-order valence-corrected chi connectivity index (χ3v) is 3.12. The fraction of sp³-hybridized carbons (Fsp3) is 0.133. The molecule has 2 aromatic rings. The molecule has 0 aliphatic heterocycles. The zero-order valence-electron chi connectivity index (χ0n) is 10.7. The number of carbonyl (C=O) groups is 1. The molecular formula is C15H12F3NO. The lowest BCUT2D eigenvalue weighted by Gasteiger charge is -2.15. The molecule has 2 N–H and O–H groups in total. The van der Waals surface area contributed by atoms with E-state index in [1.807, 2.05) is 0 Å². The Morgan fingerprint density at radius 2 is 1.60 bits per heavy atom. The van der Waals surface area contributed by atoms with E-state index in [9.17, 15) is 18.0 Å². The first-order chi connectivity index (χ1) is 9.32. The van der Waals surface area contributed by atoms with Crippen molar-refractivity contribution >= 4 is 5.91 Å². The fourth-order valence-corrected chi connectivity index (χ4v) is 2.17. The molecule has 5 heteroatoms. The Morgan fingerprint density at radius 1 is 1.00 bits per heavy atom. The molecule has 0 unspecified atom stereocenters. The molecular weight excluding hydrogens is 267 g/mol. The van der Waals surface area contributed by atoms with Crippen LogP contribution < -0.4 is 5.73 Å². The number of hydrogen-bond acceptors (Lipinski definition) is 1. The number of hydrogen-bond donors (Lipinski definition) is 1. The van der Waals surface area contributed by atoms with Crippen LogP contribution in [0, 0.1) is 6.92 Å². The Balaban J connectivity index is 2.69. The molecule has 0 aromatic heterocycles. The van der Waals surface area contributed by atoms with E-state index < -0.39 is 17.6 Å². The average Bonchev–Trinajstić information content (AvgIpc) is 2.37. The first-order valence-corrected chi connectivity index (χ1v) is 5.88. The predicted octanol–water partition coefficient (Wildman–Crippen LogP) is 3.78. The average molecular weight is 279 g/mol. The van der Waals surface area contributed by atoms with Crippen LogP contribution in [0.2, 0.25) is 0 Å². The molecule has 0 radical (unpaired) electrons. The normalized spacial score (nSPS) is 11.4. The van der Waals surface area contributed by atoms with Gasteiger partial charge in [0.15, 0.2) is 0 Å². The molecule has 1 amide bonds. The van der Waals surface area contributed by atoms with Crippen molar-refractivity contribution in [2.45, 2.75) is 13.1 Å². The van der Waals surface area contributed by atoms with Crippen LogP contribution in [0.3, 0.4) is 0 Å². The quantitative estimate of drug-likeness (QED) is 0.893. The van der Waals surface area contributed by atoms with Crippen LogP contribution in [0.25, 0.3) is 11.1 Å². The molecule has 0 spiro atoms. The molecule has 2 rings (SSSR count). The fourth-order valence-electron chi connectivity index (χ4n) is 2.17. The van der Waals surface area contributed by atoms with Gasteiger partial charge in [-0.1, -0.05) is 30.3 Å². The lowest BCUT2D eigenvalue weighted by atomic mass is 9.93. The smallest absolute Gasteiger partial charge is 0.366 e. The second kappa shape index (κ2) is 5.00. The van der Waals surface area contributed by atoms with Gasteiger partial charge >= 0.3 is 6.18 Å². The van der Waals surface area contributed by atoms with Gasteiger partial charge in [0.1, 0.15) is 0 Å². The summed E-state index contributed by atoms with van der Waals surface area (Å²) in [6.07, 6.45) is -4.43. The Hall–Kier alpha value is -2.30. The standard InChI is InChI=1S/C15H12F3NO/c1-9-10(7-4-8-13(9)15(16,17)18)11-5-2-3-6-12(11)14(19)20/h2-8H,1H3,(H2,19,20). The number of amides is 1. The molecule has 2 nitrogen and oxygen atoms in total. The summed E-state index contributed by atoms with van der Waals surface area (Å²) in [5.41, 5.74) is 5.59. The SMILES string of the molecule is Cc1c(-c2ccccc2C(N)=O)cccc1C(F)(F)F. The summed E-state index contributed by atoms with van der Waals surface area (Å²) in [5, 5.41) is 0. The summed E-state index contributed by atoms with van der Waals surface area (Å²) in [6, 6.07) is 10.2. The van der Waals surface area contributed by atoms with Crippen LogP contribution in [-0.4, -0.2) is 5.91 Å². The first kappa shape index (κ1) is 14.1. The molecule has 0 aliphatic rings. The van der Waals surface area contributed by atoms with Crippen molar-refractivity contribution < 1.29 is 18.0 Å². The van der Waals surface area contributed by atoms with Crippen molar-refractivity contribution in [3.8, 4) is 11.1 Å². The Morgan fingerprint density at radius 3 is 2.20 bits per heavy atom. The van der Waals surface area contributed by atoms with Crippen LogP contribution in [0.4, 0.5) is 13.2 Å².